The van der Waals surface area contributed by atoms with E-state index in [0.29, 0.717) is 0 Å². The zero-order valence-electron chi connectivity index (χ0n) is 8.78. The minimum atomic E-state index is -3.89. The molecule has 6 heteroatoms. The third-order valence-electron chi connectivity index (χ3n) is 2.04. The molecule has 0 saturated heterocycles. The Bertz CT molecular complexity index is 414. The molecule has 0 amide bonds. The van der Waals surface area contributed by atoms with Gasteiger partial charge in [-0.05, 0) is 19.1 Å². The van der Waals surface area contributed by atoms with Crippen LogP contribution in [-0.4, -0.2) is 37.4 Å². The van der Waals surface area contributed by atoms with E-state index in [1.54, 1.807) is 18.2 Å². The number of aliphatic hydroxyl groups is 2. The van der Waals surface area contributed by atoms with E-state index >= 15 is 0 Å². The third-order valence-corrected chi connectivity index (χ3v) is 3.45. The molecule has 0 aliphatic heterocycles. The summed E-state index contributed by atoms with van der Waals surface area (Å²) in [6.07, 6.45) is -2.21. The number of rotatable bonds is 5. The number of aliphatic hydroxyl groups excluding tert-OH is 2. The Morgan fingerprint density at radius 3 is 2.38 bits per heavy atom. The van der Waals surface area contributed by atoms with Crippen LogP contribution in [0.1, 0.15) is 6.92 Å². The SMILES string of the molecule is C[C@H](OS(=O)(=O)c1ccccc1)C(O)CO. The Morgan fingerprint density at radius 2 is 1.88 bits per heavy atom. The van der Waals surface area contributed by atoms with Gasteiger partial charge in [0, 0.05) is 0 Å². The van der Waals surface area contributed by atoms with Crippen molar-refractivity contribution in [2.24, 2.45) is 0 Å². The summed E-state index contributed by atoms with van der Waals surface area (Å²) in [7, 11) is -3.89. The van der Waals surface area contributed by atoms with Gasteiger partial charge >= 0.3 is 0 Å². The van der Waals surface area contributed by atoms with Crippen LogP contribution in [0.15, 0.2) is 35.2 Å². The van der Waals surface area contributed by atoms with Gasteiger partial charge in [-0.1, -0.05) is 18.2 Å². The summed E-state index contributed by atoms with van der Waals surface area (Å²) in [6.45, 7) is 0.826. The Labute approximate surface area is 94.4 Å². The largest absolute Gasteiger partial charge is 0.394 e. The minimum Gasteiger partial charge on any atom is -0.394 e. The smallest absolute Gasteiger partial charge is 0.297 e. The predicted octanol–water partition coefficient (Wildman–Crippen LogP) is 0.134. The van der Waals surface area contributed by atoms with Crippen molar-refractivity contribution in [2.75, 3.05) is 6.61 Å². The molecule has 0 spiro atoms. The Balaban J connectivity index is 2.81. The lowest BCUT2D eigenvalue weighted by Crippen LogP contribution is -2.31. The van der Waals surface area contributed by atoms with E-state index < -0.39 is 28.9 Å². The summed E-state index contributed by atoms with van der Waals surface area (Å²) in [4.78, 5) is 0.0204. The summed E-state index contributed by atoms with van der Waals surface area (Å²) in [5, 5.41) is 17.8. The summed E-state index contributed by atoms with van der Waals surface area (Å²) in [5.41, 5.74) is 0. The first-order valence-electron chi connectivity index (χ1n) is 4.74. The average molecular weight is 246 g/mol. The standard InChI is InChI=1S/C10H14O5S/c1-8(10(12)7-11)15-16(13,14)9-5-3-2-4-6-9/h2-6,8,10-12H,7H2,1H3/t8-,10?/m0/s1. The maximum absolute atomic E-state index is 11.6. The van der Waals surface area contributed by atoms with Crippen LogP contribution >= 0.6 is 0 Å². The second-order valence-corrected chi connectivity index (χ2v) is 4.89. The van der Waals surface area contributed by atoms with Gasteiger partial charge in [0.15, 0.2) is 0 Å². The monoisotopic (exact) mass is 246 g/mol. The topological polar surface area (TPSA) is 83.8 Å². The molecule has 0 aliphatic rings. The van der Waals surface area contributed by atoms with Gasteiger partial charge in [0.25, 0.3) is 10.1 Å². The molecule has 0 radical (unpaired) electrons. The van der Waals surface area contributed by atoms with Crippen molar-refractivity contribution < 1.29 is 22.8 Å². The Hall–Kier alpha value is -0.950. The highest BCUT2D eigenvalue weighted by atomic mass is 32.2. The molecule has 0 fully saturated rings. The van der Waals surface area contributed by atoms with E-state index in [1.807, 2.05) is 0 Å². The van der Waals surface area contributed by atoms with Gasteiger partial charge in [-0.2, -0.15) is 8.42 Å². The lowest BCUT2D eigenvalue weighted by molar-refractivity contribution is 0.0110. The third kappa shape index (κ3) is 3.28. The molecule has 16 heavy (non-hydrogen) atoms. The van der Waals surface area contributed by atoms with E-state index in [1.165, 1.54) is 19.1 Å². The van der Waals surface area contributed by atoms with Crippen molar-refractivity contribution in [2.45, 2.75) is 24.0 Å². The van der Waals surface area contributed by atoms with Gasteiger partial charge in [0.1, 0.15) is 12.2 Å². The minimum absolute atomic E-state index is 0.0204. The molecule has 0 saturated carbocycles. The second-order valence-electron chi connectivity index (χ2n) is 3.32. The highest BCUT2D eigenvalue weighted by molar-refractivity contribution is 7.86. The lowest BCUT2D eigenvalue weighted by Gasteiger charge is -2.16. The summed E-state index contributed by atoms with van der Waals surface area (Å²) in [5.74, 6) is 0. The maximum atomic E-state index is 11.6. The molecule has 0 aliphatic carbocycles. The molecule has 0 heterocycles. The molecule has 5 nitrogen and oxygen atoms in total. The maximum Gasteiger partial charge on any atom is 0.297 e. The highest BCUT2D eigenvalue weighted by Crippen LogP contribution is 2.14. The average Bonchev–Trinajstić information content (AvgIpc) is 2.28. The van der Waals surface area contributed by atoms with Gasteiger partial charge in [0.2, 0.25) is 0 Å². The zero-order chi connectivity index (χ0) is 12.2. The first kappa shape index (κ1) is 13.1. The summed E-state index contributed by atoms with van der Waals surface area (Å²) < 4.78 is 28.0. The second kappa shape index (κ2) is 5.40. The molecule has 1 aromatic rings. The quantitative estimate of drug-likeness (QED) is 0.722. The van der Waals surface area contributed by atoms with E-state index in [2.05, 4.69) is 0 Å². The first-order chi connectivity index (χ1) is 7.47. The van der Waals surface area contributed by atoms with Gasteiger partial charge in [-0.3, -0.25) is 4.18 Å². The van der Waals surface area contributed by atoms with E-state index in [-0.39, 0.29) is 4.90 Å². The molecular formula is C10H14O5S. The van der Waals surface area contributed by atoms with Crippen LogP contribution in [0.5, 0.6) is 0 Å². The molecule has 90 valence electrons. The molecule has 1 unspecified atom stereocenters. The summed E-state index contributed by atoms with van der Waals surface area (Å²) in [6, 6.07) is 7.62. The van der Waals surface area contributed by atoms with Gasteiger partial charge in [-0.25, -0.2) is 0 Å². The van der Waals surface area contributed by atoms with Crippen LogP contribution in [-0.2, 0) is 14.3 Å². The van der Waals surface area contributed by atoms with Crippen LogP contribution in [0.3, 0.4) is 0 Å². The van der Waals surface area contributed by atoms with Crippen LogP contribution in [0.2, 0.25) is 0 Å². The molecule has 1 aromatic carbocycles. The molecular weight excluding hydrogens is 232 g/mol. The molecule has 0 aromatic heterocycles. The molecule has 0 bridgehead atoms. The molecule has 1 rings (SSSR count). The Morgan fingerprint density at radius 1 is 1.31 bits per heavy atom. The summed E-state index contributed by atoms with van der Waals surface area (Å²) >= 11 is 0. The van der Waals surface area contributed by atoms with Crippen LogP contribution in [0.4, 0.5) is 0 Å². The molecule has 2 atom stereocenters. The lowest BCUT2D eigenvalue weighted by atomic mass is 10.2. The fraction of sp³-hybridized carbons (Fsp3) is 0.400. The zero-order valence-corrected chi connectivity index (χ0v) is 9.59. The van der Waals surface area contributed by atoms with Crippen molar-refractivity contribution in [1.82, 2.24) is 0 Å². The van der Waals surface area contributed by atoms with E-state index in [0.717, 1.165) is 0 Å². The van der Waals surface area contributed by atoms with Crippen LogP contribution in [0.25, 0.3) is 0 Å². The van der Waals surface area contributed by atoms with Crippen molar-refractivity contribution >= 4 is 10.1 Å². The van der Waals surface area contributed by atoms with Crippen LogP contribution in [0, 0.1) is 0 Å². The highest BCUT2D eigenvalue weighted by Gasteiger charge is 2.23. The number of benzene rings is 1. The van der Waals surface area contributed by atoms with Gasteiger partial charge in [-0.15, -0.1) is 0 Å². The van der Waals surface area contributed by atoms with Crippen molar-refractivity contribution in [1.29, 1.82) is 0 Å². The predicted molar refractivity (Wildman–Crippen MR) is 57.3 cm³/mol. The number of hydrogen-bond acceptors (Lipinski definition) is 5. The van der Waals surface area contributed by atoms with Crippen molar-refractivity contribution in [3.8, 4) is 0 Å². The van der Waals surface area contributed by atoms with Crippen LogP contribution < -0.4 is 0 Å². The normalized spacial score (nSPS) is 15.7. The molecule has 2 N–H and O–H groups in total. The first-order valence-corrected chi connectivity index (χ1v) is 6.15. The number of hydrogen-bond donors (Lipinski definition) is 2. The van der Waals surface area contributed by atoms with Crippen molar-refractivity contribution in [3.05, 3.63) is 30.3 Å². The fourth-order valence-corrected chi connectivity index (χ4v) is 2.18. The van der Waals surface area contributed by atoms with Crippen molar-refractivity contribution in [3.63, 3.8) is 0 Å². The van der Waals surface area contributed by atoms with Gasteiger partial charge in [0.05, 0.1) is 11.5 Å². The Kier molecular flexibility index (Phi) is 4.43. The van der Waals surface area contributed by atoms with E-state index in [9.17, 15) is 13.5 Å². The van der Waals surface area contributed by atoms with Gasteiger partial charge < -0.3 is 10.2 Å². The fourth-order valence-electron chi connectivity index (χ4n) is 1.06. The van der Waals surface area contributed by atoms with E-state index in [4.69, 9.17) is 9.29 Å².